The number of hydrogen-bond donors (Lipinski definition) is 2. The fourth-order valence-corrected chi connectivity index (χ4v) is 2.57. The van der Waals surface area contributed by atoms with E-state index in [1.807, 2.05) is 39.0 Å². The number of carbonyl (C=O) groups excluding carboxylic acids is 1. The highest BCUT2D eigenvalue weighted by Gasteiger charge is 2.21. The fourth-order valence-electron chi connectivity index (χ4n) is 2.57. The number of benzene rings is 1. The van der Waals surface area contributed by atoms with Crippen molar-refractivity contribution in [2.45, 2.75) is 46.8 Å². The molecule has 0 aliphatic rings. The number of hydrogen-bond acceptors (Lipinski definition) is 2. The number of aryl methyl sites for hydroxylation is 2. The number of H-pyrrole nitrogens is 1. The number of aromatic amines is 1. The van der Waals surface area contributed by atoms with E-state index in [-0.39, 0.29) is 11.9 Å². The van der Waals surface area contributed by atoms with E-state index in [0.717, 1.165) is 16.6 Å². The van der Waals surface area contributed by atoms with E-state index in [9.17, 15) is 9.90 Å². The number of aromatic nitrogens is 1. The maximum Gasteiger partial charge on any atom is 0.254 e. The molecule has 0 radical (unpaired) electrons. The molecule has 0 spiro atoms. The van der Waals surface area contributed by atoms with E-state index in [1.165, 1.54) is 5.56 Å². The molecule has 1 aromatic carbocycles. The number of aliphatic hydroxyl groups excluding tert-OH is 1. The van der Waals surface area contributed by atoms with Gasteiger partial charge in [0.15, 0.2) is 0 Å². The number of amides is 1. The Morgan fingerprint density at radius 3 is 2.52 bits per heavy atom. The summed E-state index contributed by atoms with van der Waals surface area (Å²) in [6.45, 7) is 10.1. The van der Waals surface area contributed by atoms with Crippen LogP contribution in [0.4, 0.5) is 0 Å². The first-order chi connectivity index (χ1) is 9.81. The van der Waals surface area contributed by atoms with E-state index in [1.54, 1.807) is 11.8 Å². The normalized spacial score (nSPS) is 12.9. The number of carbonyl (C=O) groups is 1. The van der Waals surface area contributed by atoms with Crippen LogP contribution in [0, 0.1) is 13.8 Å². The monoisotopic (exact) mass is 288 g/mol. The van der Waals surface area contributed by atoms with Crippen LogP contribution in [0.1, 0.15) is 42.4 Å². The third kappa shape index (κ3) is 3.10. The van der Waals surface area contributed by atoms with Crippen LogP contribution in [0.15, 0.2) is 18.2 Å². The first-order valence-electron chi connectivity index (χ1n) is 7.39. The molecule has 2 N–H and O–H groups in total. The molecule has 1 heterocycles. The standard InChI is InChI=1S/C17H24N2O2/c1-10(2)19(9-11(3)20)17(21)14-6-7-16-15(8-14)12(4)13(5)18-16/h6-8,10-11,18,20H,9H2,1-5H3. The Kier molecular flexibility index (Phi) is 4.37. The van der Waals surface area contributed by atoms with Crippen molar-refractivity contribution in [3.8, 4) is 0 Å². The Balaban J connectivity index is 2.39. The van der Waals surface area contributed by atoms with E-state index < -0.39 is 6.10 Å². The Bertz CT molecular complexity index is 656. The van der Waals surface area contributed by atoms with Crippen molar-refractivity contribution in [2.75, 3.05) is 6.54 Å². The van der Waals surface area contributed by atoms with Gasteiger partial charge in [-0.3, -0.25) is 4.79 Å². The lowest BCUT2D eigenvalue weighted by molar-refractivity contribution is 0.0579. The molecular weight excluding hydrogens is 264 g/mol. The molecule has 0 fully saturated rings. The summed E-state index contributed by atoms with van der Waals surface area (Å²) in [6.07, 6.45) is -0.531. The third-order valence-corrected chi connectivity index (χ3v) is 3.90. The topological polar surface area (TPSA) is 56.3 Å². The molecule has 2 rings (SSSR count). The average Bonchev–Trinajstić information content (AvgIpc) is 2.70. The molecule has 0 bridgehead atoms. The lowest BCUT2D eigenvalue weighted by atomic mass is 10.1. The molecule has 114 valence electrons. The second-order valence-electron chi connectivity index (χ2n) is 6.04. The number of nitrogens with one attached hydrogen (secondary N) is 1. The molecule has 1 atom stereocenters. The molecule has 1 unspecified atom stereocenters. The molecule has 1 aromatic heterocycles. The van der Waals surface area contributed by atoms with E-state index in [2.05, 4.69) is 11.9 Å². The average molecular weight is 288 g/mol. The van der Waals surface area contributed by atoms with Crippen molar-refractivity contribution >= 4 is 16.8 Å². The third-order valence-electron chi connectivity index (χ3n) is 3.90. The van der Waals surface area contributed by atoms with Gasteiger partial charge < -0.3 is 15.0 Å². The SMILES string of the molecule is Cc1[nH]c2ccc(C(=O)N(CC(C)O)C(C)C)cc2c1C. The van der Waals surface area contributed by atoms with Gasteiger partial charge in [-0.1, -0.05) is 0 Å². The van der Waals surface area contributed by atoms with Crippen LogP contribution in [0.3, 0.4) is 0 Å². The lowest BCUT2D eigenvalue weighted by Gasteiger charge is -2.28. The first-order valence-corrected chi connectivity index (χ1v) is 7.39. The second kappa shape index (κ2) is 5.90. The minimum Gasteiger partial charge on any atom is -0.392 e. The van der Waals surface area contributed by atoms with Crippen LogP contribution in [-0.4, -0.2) is 39.6 Å². The van der Waals surface area contributed by atoms with Crippen molar-refractivity contribution in [3.05, 3.63) is 35.0 Å². The Labute approximate surface area is 125 Å². The van der Waals surface area contributed by atoms with Gasteiger partial charge in [0.2, 0.25) is 0 Å². The lowest BCUT2D eigenvalue weighted by Crippen LogP contribution is -2.41. The number of nitrogens with zero attached hydrogens (tertiary/aromatic N) is 1. The smallest absolute Gasteiger partial charge is 0.254 e. The number of rotatable bonds is 4. The van der Waals surface area contributed by atoms with Crippen LogP contribution < -0.4 is 0 Å². The molecule has 0 aliphatic carbocycles. The summed E-state index contributed by atoms with van der Waals surface area (Å²) in [5, 5.41) is 10.7. The summed E-state index contributed by atoms with van der Waals surface area (Å²) in [5.74, 6) is -0.0361. The van der Waals surface area contributed by atoms with Crippen LogP contribution in [0.5, 0.6) is 0 Å². The second-order valence-corrected chi connectivity index (χ2v) is 6.04. The van der Waals surface area contributed by atoms with Gasteiger partial charge >= 0.3 is 0 Å². The highest BCUT2D eigenvalue weighted by Crippen LogP contribution is 2.23. The van der Waals surface area contributed by atoms with Gasteiger partial charge in [-0.25, -0.2) is 0 Å². The number of aliphatic hydroxyl groups is 1. The van der Waals surface area contributed by atoms with E-state index in [0.29, 0.717) is 12.1 Å². The van der Waals surface area contributed by atoms with Gasteiger partial charge in [-0.05, 0) is 58.4 Å². The highest BCUT2D eigenvalue weighted by atomic mass is 16.3. The highest BCUT2D eigenvalue weighted by molar-refractivity contribution is 5.99. The maximum absolute atomic E-state index is 12.7. The van der Waals surface area contributed by atoms with Crippen molar-refractivity contribution in [1.29, 1.82) is 0 Å². The molecule has 0 saturated heterocycles. The van der Waals surface area contributed by atoms with Crippen LogP contribution in [0.2, 0.25) is 0 Å². The van der Waals surface area contributed by atoms with E-state index >= 15 is 0 Å². The van der Waals surface area contributed by atoms with Crippen LogP contribution in [0.25, 0.3) is 10.9 Å². The minimum atomic E-state index is -0.531. The van der Waals surface area contributed by atoms with Crippen molar-refractivity contribution in [3.63, 3.8) is 0 Å². The predicted octanol–water partition coefficient (Wildman–Crippen LogP) is 3.02. The van der Waals surface area contributed by atoms with Gasteiger partial charge in [-0.15, -0.1) is 0 Å². The van der Waals surface area contributed by atoms with E-state index in [4.69, 9.17) is 0 Å². The quantitative estimate of drug-likeness (QED) is 0.908. The van der Waals surface area contributed by atoms with Crippen molar-refractivity contribution in [2.24, 2.45) is 0 Å². The molecule has 4 nitrogen and oxygen atoms in total. The van der Waals surface area contributed by atoms with Crippen LogP contribution >= 0.6 is 0 Å². The van der Waals surface area contributed by atoms with Gasteiger partial charge in [0.05, 0.1) is 6.10 Å². The molecule has 4 heteroatoms. The van der Waals surface area contributed by atoms with Gasteiger partial charge in [0.1, 0.15) is 0 Å². The van der Waals surface area contributed by atoms with Crippen molar-refractivity contribution in [1.82, 2.24) is 9.88 Å². The molecule has 2 aromatic rings. The summed E-state index contributed by atoms with van der Waals surface area (Å²) in [5.41, 5.74) is 4.01. The summed E-state index contributed by atoms with van der Waals surface area (Å²) >= 11 is 0. The summed E-state index contributed by atoms with van der Waals surface area (Å²) in [4.78, 5) is 17.7. The molecular formula is C17H24N2O2. The zero-order valence-electron chi connectivity index (χ0n) is 13.4. The first kappa shape index (κ1) is 15.6. The zero-order chi connectivity index (χ0) is 15.7. The summed E-state index contributed by atoms with van der Waals surface area (Å²) in [6, 6.07) is 5.78. The minimum absolute atomic E-state index is 0.0361. The number of fused-ring (bicyclic) bond motifs is 1. The largest absolute Gasteiger partial charge is 0.392 e. The summed E-state index contributed by atoms with van der Waals surface area (Å²) in [7, 11) is 0. The fraction of sp³-hybridized carbons (Fsp3) is 0.471. The molecule has 0 saturated carbocycles. The molecule has 1 amide bonds. The zero-order valence-corrected chi connectivity index (χ0v) is 13.4. The van der Waals surface area contributed by atoms with Gasteiger partial charge in [0, 0.05) is 34.7 Å². The Morgan fingerprint density at radius 1 is 1.29 bits per heavy atom. The molecule has 0 aliphatic heterocycles. The van der Waals surface area contributed by atoms with Gasteiger partial charge in [0.25, 0.3) is 5.91 Å². The maximum atomic E-state index is 12.7. The Morgan fingerprint density at radius 2 is 1.95 bits per heavy atom. The van der Waals surface area contributed by atoms with Crippen LogP contribution in [-0.2, 0) is 0 Å². The Hall–Kier alpha value is -1.81. The molecule has 21 heavy (non-hydrogen) atoms. The van der Waals surface area contributed by atoms with Gasteiger partial charge in [-0.2, -0.15) is 0 Å². The van der Waals surface area contributed by atoms with Crippen molar-refractivity contribution < 1.29 is 9.90 Å². The predicted molar refractivity (Wildman–Crippen MR) is 85.6 cm³/mol. The summed E-state index contributed by atoms with van der Waals surface area (Å²) < 4.78 is 0.